The van der Waals surface area contributed by atoms with Gasteiger partial charge in [-0.2, -0.15) is 0 Å². The molecule has 0 amide bonds. The fourth-order valence-corrected chi connectivity index (χ4v) is 2.68. The Labute approximate surface area is 153 Å². The average Bonchev–Trinajstić information content (AvgIpc) is 2.61. The molecule has 3 rings (SSSR count). The van der Waals surface area contributed by atoms with E-state index in [9.17, 15) is 22.4 Å². The first-order chi connectivity index (χ1) is 12.8. The number of carbonyl (C=O) groups is 1. The molecule has 0 bridgehead atoms. The zero-order chi connectivity index (χ0) is 19.4. The van der Waals surface area contributed by atoms with Gasteiger partial charge in [0.15, 0.2) is 5.78 Å². The van der Waals surface area contributed by atoms with Crippen LogP contribution in [0.25, 0.3) is 11.1 Å². The van der Waals surface area contributed by atoms with Crippen molar-refractivity contribution in [3.8, 4) is 16.9 Å². The first kappa shape index (κ1) is 18.6. The Kier molecular flexibility index (Phi) is 5.26. The topological polar surface area (TPSA) is 26.3 Å². The van der Waals surface area contributed by atoms with Crippen LogP contribution in [-0.4, -0.2) is 12.1 Å². The Morgan fingerprint density at radius 1 is 0.852 bits per heavy atom. The second-order valence-electron chi connectivity index (χ2n) is 5.85. The second-order valence-corrected chi connectivity index (χ2v) is 5.85. The SMILES string of the molecule is O=C(Cc1cccc(-c2ccc(OC(F)(F)F)cc2)c1)c1ccccc1F. The van der Waals surface area contributed by atoms with Crippen LogP contribution in [-0.2, 0) is 6.42 Å². The predicted molar refractivity (Wildman–Crippen MR) is 93.0 cm³/mol. The highest BCUT2D eigenvalue weighted by atomic mass is 19.4. The van der Waals surface area contributed by atoms with Gasteiger partial charge in [0, 0.05) is 6.42 Å². The first-order valence-corrected chi connectivity index (χ1v) is 8.05. The first-order valence-electron chi connectivity index (χ1n) is 8.05. The Hall–Kier alpha value is -3.15. The van der Waals surface area contributed by atoms with Crippen LogP contribution in [0.4, 0.5) is 17.6 Å². The normalized spacial score (nSPS) is 11.3. The Balaban J connectivity index is 1.77. The molecule has 3 aromatic carbocycles. The number of halogens is 4. The molecule has 2 nitrogen and oxygen atoms in total. The number of hydrogen-bond donors (Lipinski definition) is 0. The molecule has 0 atom stereocenters. The number of Topliss-reactive ketones (excluding diaryl/α,β-unsaturated/α-hetero) is 1. The molecule has 0 N–H and O–H groups in total. The number of rotatable bonds is 5. The molecule has 0 aliphatic carbocycles. The second kappa shape index (κ2) is 7.61. The van der Waals surface area contributed by atoms with Gasteiger partial charge >= 0.3 is 6.36 Å². The van der Waals surface area contributed by atoms with Crippen LogP contribution in [0.5, 0.6) is 5.75 Å². The van der Waals surface area contributed by atoms with Crippen LogP contribution in [0, 0.1) is 5.82 Å². The zero-order valence-electron chi connectivity index (χ0n) is 14.0. The average molecular weight is 374 g/mol. The number of ketones is 1. The molecule has 0 unspecified atom stereocenters. The van der Waals surface area contributed by atoms with Gasteiger partial charge < -0.3 is 4.74 Å². The number of hydrogen-bond acceptors (Lipinski definition) is 2. The predicted octanol–water partition coefficient (Wildman–Crippen LogP) is 5.82. The van der Waals surface area contributed by atoms with Crippen molar-refractivity contribution in [2.24, 2.45) is 0 Å². The third kappa shape index (κ3) is 4.94. The van der Waals surface area contributed by atoms with E-state index >= 15 is 0 Å². The van der Waals surface area contributed by atoms with Gasteiger partial charge in [-0.1, -0.05) is 48.5 Å². The molecule has 6 heteroatoms. The van der Waals surface area contributed by atoms with Crippen molar-refractivity contribution in [3.63, 3.8) is 0 Å². The molecule has 0 aliphatic rings. The Morgan fingerprint density at radius 2 is 1.56 bits per heavy atom. The third-order valence-electron chi connectivity index (χ3n) is 3.89. The third-order valence-corrected chi connectivity index (χ3v) is 3.89. The molecule has 0 aromatic heterocycles. The number of alkyl halides is 3. The van der Waals surface area contributed by atoms with Crippen LogP contribution in [0.2, 0.25) is 0 Å². The molecule has 0 saturated heterocycles. The van der Waals surface area contributed by atoms with E-state index in [1.807, 2.05) is 0 Å². The van der Waals surface area contributed by atoms with E-state index in [0.29, 0.717) is 11.1 Å². The molecule has 0 saturated carbocycles. The summed E-state index contributed by atoms with van der Waals surface area (Å²) in [5.41, 5.74) is 2.10. The summed E-state index contributed by atoms with van der Waals surface area (Å²) < 4.78 is 54.3. The minimum atomic E-state index is -4.74. The fraction of sp³-hybridized carbons (Fsp3) is 0.0952. The highest BCUT2D eigenvalue weighted by Gasteiger charge is 2.30. The lowest BCUT2D eigenvalue weighted by atomic mass is 9.98. The lowest BCUT2D eigenvalue weighted by Crippen LogP contribution is -2.16. The van der Waals surface area contributed by atoms with Gasteiger partial charge in [0.25, 0.3) is 0 Å². The maximum Gasteiger partial charge on any atom is 0.573 e. The lowest BCUT2D eigenvalue weighted by molar-refractivity contribution is -0.274. The van der Waals surface area contributed by atoms with E-state index in [4.69, 9.17) is 0 Å². The van der Waals surface area contributed by atoms with Gasteiger partial charge in [-0.3, -0.25) is 4.79 Å². The van der Waals surface area contributed by atoms with E-state index in [1.165, 1.54) is 42.5 Å². The maximum absolute atomic E-state index is 13.7. The standard InChI is InChI=1S/C21H14F4O2/c22-19-7-2-1-6-18(19)20(26)13-14-4-3-5-16(12-14)15-8-10-17(11-9-15)27-21(23,24)25/h1-12H,13H2. The summed E-state index contributed by atoms with van der Waals surface area (Å²) in [6, 6.07) is 18.2. The summed E-state index contributed by atoms with van der Waals surface area (Å²) in [7, 11) is 0. The molecule has 0 aliphatic heterocycles. The maximum atomic E-state index is 13.7. The van der Waals surface area contributed by atoms with Crippen molar-refractivity contribution in [1.29, 1.82) is 0 Å². The zero-order valence-corrected chi connectivity index (χ0v) is 14.0. The van der Waals surface area contributed by atoms with Crippen molar-refractivity contribution >= 4 is 5.78 Å². The van der Waals surface area contributed by atoms with E-state index in [1.54, 1.807) is 30.3 Å². The van der Waals surface area contributed by atoms with Gasteiger partial charge in [-0.25, -0.2) is 4.39 Å². The molecule has 3 aromatic rings. The van der Waals surface area contributed by atoms with E-state index < -0.39 is 12.2 Å². The molecule has 0 radical (unpaired) electrons. The smallest absolute Gasteiger partial charge is 0.406 e. The summed E-state index contributed by atoms with van der Waals surface area (Å²) in [5.74, 6) is -1.23. The van der Waals surface area contributed by atoms with Gasteiger partial charge in [0.2, 0.25) is 0 Å². The molecule has 27 heavy (non-hydrogen) atoms. The number of ether oxygens (including phenoxy) is 1. The summed E-state index contributed by atoms with van der Waals surface area (Å²) in [6.07, 6.45) is -4.72. The van der Waals surface area contributed by atoms with Gasteiger partial charge in [-0.05, 0) is 41.0 Å². The highest BCUT2D eigenvalue weighted by molar-refractivity contribution is 5.97. The van der Waals surface area contributed by atoms with Crippen LogP contribution >= 0.6 is 0 Å². The van der Waals surface area contributed by atoms with Gasteiger partial charge in [0.05, 0.1) is 5.56 Å². The van der Waals surface area contributed by atoms with Crippen molar-refractivity contribution in [2.75, 3.05) is 0 Å². The molecule has 0 spiro atoms. The molecule has 0 heterocycles. The fourth-order valence-electron chi connectivity index (χ4n) is 2.68. The number of benzene rings is 3. The lowest BCUT2D eigenvalue weighted by Gasteiger charge is -2.10. The highest BCUT2D eigenvalue weighted by Crippen LogP contribution is 2.27. The number of carbonyl (C=O) groups excluding carboxylic acids is 1. The van der Waals surface area contributed by atoms with Crippen molar-refractivity contribution < 1.29 is 27.1 Å². The van der Waals surface area contributed by atoms with E-state index in [2.05, 4.69) is 4.74 Å². The minimum absolute atomic E-state index is 0.0179. The van der Waals surface area contributed by atoms with Crippen LogP contribution in [0.1, 0.15) is 15.9 Å². The van der Waals surface area contributed by atoms with Gasteiger partial charge in [-0.15, -0.1) is 13.2 Å². The van der Waals surface area contributed by atoms with E-state index in [0.717, 1.165) is 5.56 Å². The minimum Gasteiger partial charge on any atom is -0.406 e. The summed E-state index contributed by atoms with van der Waals surface area (Å²) in [4.78, 5) is 12.3. The van der Waals surface area contributed by atoms with Crippen molar-refractivity contribution in [3.05, 3.63) is 89.7 Å². The molecular formula is C21H14F4O2. The largest absolute Gasteiger partial charge is 0.573 e. The molecule has 0 fully saturated rings. The Morgan fingerprint density at radius 3 is 2.22 bits per heavy atom. The quantitative estimate of drug-likeness (QED) is 0.416. The van der Waals surface area contributed by atoms with Crippen LogP contribution in [0.15, 0.2) is 72.8 Å². The molecular weight excluding hydrogens is 360 g/mol. The van der Waals surface area contributed by atoms with Crippen LogP contribution in [0.3, 0.4) is 0 Å². The summed E-state index contributed by atoms with van der Waals surface area (Å²) in [5, 5.41) is 0. The Bertz CT molecular complexity index is 947. The van der Waals surface area contributed by atoms with E-state index in [-0.39, 0.29) is 23.5 Å². The monoisotopic (exact) mass is 374 g/mol. The summed E-state index contributed by atoms with van der Waals surface area (Å²) >= 11 is 0. The van der Waals surface area contributed by atoms with Crippen molar-refractivity contribution in [1.82, 2.24) is 0 Å². The van der Waals surface area contributed by atoms with Gasteiger partial charge in [0.1, 0.15) is 11.6 Å². The van der Waals surface area contributed by atoms with Crippen LogP contribution < -0.4 is 4.74 Å². The van der Waals surface area contributed by atoms with Crippen molar-refractivity contribution in [2.45, 2.75) is 12.8 Å². The molecule has 138 valence electrons. The summed E-state index contributed by atoms with van der Waals surface area (Å²) in [6.45, 7) is 0.